The van der Waals surface area contributed by atoms with Crippen molar-refractivity contribution in [3.8, 4) is 0 Å². The van der Waals surface area contributed by atoms with Crippen LogP contribution >= 0.6 is 0 Å². The normalized spacial score (nSPS) is 21.0. The molecule has 1 aliphatic rings. The van der Waals surface area contributed by atoms with Crippen molar-refractivity contribution in [1.82, 2.24) is 9.97 Å². The molecule has 3 heterocycles. The van der Waals surface area contributed by atoms with Gasteiger partial charge in [-0.05, 0) is 38.1 Å². The van der Waals surface area contributed by atoms with E-state index in [2.05, 4.69) is 33.6 Å². The lowest BCUT2D eigenvalue weighted by molar-refractivity contribution is 0.417. The third kappa shape index (κ3) is 2.41. The summed E-state index contributed by atoms with van der Waals surface area (Å²) in [4.78, 5) is 13.8. The maximum Gasteiger partial charge on any atom is 0.298 e. The van der Waals surface area contributed by atoms with Crippen molar-refractivity contribution < 1.29 is 8.83 Å². The van der Waals surface area contributed by atoms with Gasteiger partial charge in [0, 0.05) is 25.2 Å². The van der Waals surface area contributed by atoms with Crippen molar-refractivity contribution in [3.63, 3.8) is 0 Å². The van der Waals surface area contributed by atoms with E-state index in [1.165, 1.54) is 0 Å². The van der Waals surface area contributed by atoms with E-state index in [0.29, 0.717) is 12.0 Å². The molecule has 0 N–H and O–H groups in total. The number of rotatable bonds is 2. The van der Waals surface area contributed by atoms with Gasteiger partial charge in [0.15, 0.2) is 11.2 Å². The zero-order chi connectivity index (χ0) is 17.7. The van der Waals surface area contributed by atoms with Crippen LogP contribution in [0.3, 0.4) is 0 Å². The fourth-order valence-electron chi connectivity index (χ4n) is 3.63. The number of benzene rings is 2. The summed E-state index contributed by atoms with van der Waals surface area (Å²) in [5.74, 6) is 0. The Morgan fingerprint density at radius 2 is 1.15 bits per heavy atom. The number of hydrogen-bond donors (Lipinski definition) is 0. The molecule has 2 unspecified atom stereocenters. The predicted molar refractivity (Wildman–Crippen MR) is 102 cm³/mol. The summed E-state index contributed by atoms with van der Waals surface area (Å²) in [6.07, 6.45) is 0. The van der Waals surface area contributed by atoms with Crippen LogP contribution in [0.1, 0.15) is 13.8 Å². The summed E-state index contributed by atoms with van der Waals surface area (Å²) in [6, 6.07) is 17.6. The third-order valence-corrected chi connectivity index (χ3v) is 5.04. The molecule has 2 aromatic heterocycles. The highest BCUT2D eigenvalue weighted by Crippen LogP contribution is 2.30. The topological polar surface area (TPSA) is 58.5 Å². The van der Waals surface area contributed by atoms with Crippen LogP contribution in [-0.2, 0) is 0 Å². The molecule has 26 heavy (non-hydrogen) atoms. The average Bonchev–Trinajstić information content (AvgIpc) is 3.26. The lowest BCUT2D eigenvalue weighted by Crippen LogP contribution is -2.57. The molecule has 4 aromatic rings. The number of fused-ring (bicyclic) bond motifs is 2. The van der Waals surface area contributed by atoms with Crippen LogP contribution in [0, 0.1) is 0 Å². The number of oxazole rings is 2. The van der Waals surface area contributed by atoms with Crippen LogP contribution in [0.25, 0.3) is 22.2 Å². The van der Waals surface area contributed by atoms with Gasteiger partial charge in [-0.3, -0.25) is 0 Å². The highest BCUT2D eigenvalue weighted by molar-refractivity contribution is 5.75. The Morgan fingerprint density at radius 1 is 0.731 bits per heavy atom. The lowest BCUT2D eigenvalue weighted by atomic mass is 10.1. The van der Waals surface area contributed by atoms with E-state index in [-0.39, 0.29) is 12.1 Å². The molecule has 132 valence electrons. The van der Waals surface area contributed by atoms with E-state index in [4.69, 9.17) is 8.83 Å². The van der Waals surface area contributed by atoms with Crippen LogP contribution < -0.4 is 9.80 Å². The first-order chi connectivity index (χ1) is 12.7. The van der Waals surface area contributed by atoms with E-state index in [9.17, 15) is 0 Å². The molecule has 1 fully saturated rings. The maximum absolute atomic E-state index is 5.97. The van der Waals surface area contributed by atoms with Crippen LogP contribution in [-0.4, -0.2) is 35.1 Å². The van der Waals surface area contributed by atoms with E-state index in [1.54, 1.807) is 0 Å². The van der Waals surface area contributed by atoms with Crippen molar-refractivity contribution in [2.45, 2.75) is 25.9 Å². The molecule has 0 spiro atoms. The molecular weight excluding hydrogens is 328 g/mol. The third-order valence-electron chi connectivity index (χ3n) is 5.04. The predicted octanol–water partition coefficient (Wildman–Crippen LogP) is 4.07. The molecule has 0 saturated carbocycles. The van der Waals surface area contributed by atoms with Crippen LogP contribution in [0.2, 0.25) is 0 Å². The Labute approximate surface area is 151 Å². The largest absolute Gasteiger partial charge is 0.423 e. The van der Waals surface area contributed by atoms with Gasteiger partial charge in [0.1, 0.15) is 11.0 Å². The van der Waals surface area contributed by atoms with Gasteiger partial charge in [-0.25, -0.2) is 0 Å². The van der Waals surface area contributed by atoms with Crippen LogP contribution in [0.5, 0.6) is 0 Å². The monoisotopic (exact) mass is 348 g/mol. The van der Waals surface area contributed by atoms with Gasteiger partial charge in [-0.1, -0.05) is 24.3 Å². The Balaban J connectivity index is 1.43. The smallest absolute Gasteiger partial charge is 0.298 e. The second-order valence-corrected chi connectivity index (χ2v) is 6.93. The summed E-state index contributed by atoms with van der Waals surface area (Å²) in [5.41, 5.74) is 3.43. The minimum Gasteiger partial charge on any atom is -0.423 e. The number of para-hydroxylation sites is 4. The average molecular weight is 348 g/mol. The molecule has 1 aliphatic heterocycles. The zero-order valence-corrected chi connectivity index (χ0v) is 14.8. The highest BCUT2D eigenvalue weighted by Gasteiger charge is 2.34. The van der Waals surface area contributed by atoms with Crippen molar-refractivity contribution in [2.24, 2.45) is 0 Å². The molecule has 0 bridgehead atoms. The fourth-order valence-corrected chi connectivity index (χ4v) is 3.63. The Morgan fingerprint density at radius 3 is 1.58 bits per heavy atom. The quantitative estimate of drug-likeness (QED) is 0.544. The zero-order valence-electron chi connectivity index (χ0n) is 14.8. The molecule has 0 radical (unpaired) electrons. The summed E-state index contributed by atoms with van der Waals surface area (Å²) in [6.45, 7) is 5.95. The molecule has 2 atom stereocenters. The summed E-state index contributed by atoms with van der Waals surface area (Å²) in [7, 11) is 0. The SMILES string of the molecule is CC1CN(c2nc3ccccc3o2)C(C)CN1c1nc2ccccc2o1. The van der Waals surface area contributed by atoms with Crippen molar-refractivity contribution in [3.05, 3.63) is 48.5 Å². The Bertz CT molecular complexity index is 918. The van der Waals surface area contributed by atoms with E-state index in [1.807, 2.05) is 48.5 Å². The lowest BCUT2D eigenvalue weighted by Gasteiger charge is -2.42. The van der Waals surface area contributed by atoms with E-state index >= 15 is 0 Å². The summed E-state index contributed by atoms with van der Waals surface area (Å²) in [5, 5.41) is 0. The second kappa shape index (κ2) is 5.76. The van der Waals surface area contributed by atoms with Crippen molar-refractivity contribution >= 4 is 34.2 Å². The van der Waals surface area contributed by atoms with Gasteiger partial charge in [0.05, 0.1) is 0 Å². The Hall–Kier alpha value is -3.02. The fraction of sp³-hybridized carbons (Fsp3) is 0.300. The maximum atomic E-state index is 5.97. The number of anilines is 2. The standard InChI is InChI=1S/C20H20N4O2/c1-13-11-24(20-22-16-8-4-6-10-18(16)26-20)14(2)12-23(13)19-21-15-7-3-5-9-17(15)25-19/h3-10,13-14H,11-12H2,1-2H3. The van der Waals surface area contributed by atoms with Crippen LogP contribution in [0.15, 0.2) is 57.4 Å². The second-order valence-electron chi connectivity index (χ2n) is 6.93. The summed E-state index contributed by atoms with van der Waals surface area (Å²) >= 11 is 0. The van der Waals surface area contributed by atoms with Crippen LogP contribution in [0.4, 0.5) is 12.0 Å². The van der Waals surface area contributed by atoms with Gasteiger partial charge >= 0.3 is 0 Å². The first-order valence-electron chi connectivity index (χ1n) is 8.93. The number of aromatic nitrogens is 2. The molecule has 0 amide bonds. The minimum absolute atomic E-state index is 0.231. The van der Waals surface area contributed by atoms with Crippen molar-refractivity contribution in [1.29, 1.82) is 0 Å². The van der Waals surface area contributed by atoms with Gasteiger partial charge in [0.25, 0.3) is 12.0 Å². The number of piperazine rings is 1. The van der Waals surface area contributed by atoms with Crippen molar-refractivity contribution in [2.75, 3.05) is 22.9 Å². The molecule has 0 aliphatic carbocycles. The first kappa shape index (κ1) is 15.3. The first-order valence-corrected chi connectivity index (χ1v) is 8.93. The number of hydrogen-bond acceptors (Lipinski definition) is 6. The number of nitrogens with zero attached hydrogens (tertiary/aromatic N) is 4. The molecular formula is C20H20N4O2. The summed E-state index contributed by atoms with van der Waals surface area (Å²) < 4.78 is 11.9. The molecule has 5 rings (SSSR count). The molecule has 6 heteroatoms. The van der Waals surface area contributed by atoms with Gasteiger partial charge in [-0.15, -0.1) is 0 Å². The highest BCUT2D eigenvalue weighted by atomic mass is 16.4. The molecule has 2 aromatic carbocycles. The molecule has 1 saturated heterocycles. The van der Waals surface area contributed by atoms with Gasteiger partial charge in [-0.2, -0.15) is 9.97 Å². The molecule has 6 nitrogen and oxygen atoms in total. The van der Waals surface area contributed by atoms with Gasteiger partial charge < -0.3 is 18.6 Å². The van der Waals surface area contributed by atoms with E-state index in [0.717, 1.165) is 35.3 Å². The van der Waals surface area contributed by atoms with E-state index < -0.39 is 0 Å². The minimum atomic E-state index is 0.231. The Kier molecular flexibility index (Phi) is 3.38. The van der Waals surface area contributed by atoms with Gasteiger partial charge in [0.2, 0.25) is 0 Å².